The van der Waals surface area contributed by atoms with E-state index in [0.717, 1.165) is 28.6 Å². The highest BCUT2D eigenvalue weighted by Gasteiger charge is 2.34. The molecule has 0 saturated carbocycles. The molecule has 1 aliphatic rings. The Morgan fingerprint density at radius 3 is 2.59 bits per heavy atom. The first-order valence-corrected chi connectivity index (χ1v) is 11.1. The number of halogens is 1. The number of carbonyl (C=O) groups is 2. The van der Waals surface area contributed by atoms with Crippen molar-refractivity contribution in [3.8, 4) is 0 Å². The van der Waals surface area contributed by atoms with E-state index in [1.54, 1.807) is 6.92 Å². The van der Waals surface area contributed by atoms with Gasteiger partial charge in [-0.15, -0.1) is 0 Å². The van der Waals surface area contributed by atoms with Gasteiger partial charge in [-0.05, 0) is 38.0 Å². The third-order valence-corrected chi connectivity index (χ3v) is 6.67. The Morgan fingerprint density at radius 1 is 1.28 bits per heavy atom. The number of hydrogen-bond acceptors (Lipinski definition) is 8. The van der Waals surface area contributed by atoms with Crippen molar-refractivity contribution in [2.75, 3.05) is 25.0 Å². The Balaban J connectivity index is 1.63. The van der Waals surface area contributed by atoms with Crippen LogP contribution in [0.3, 0.4) is 0 Å². The van der Waals surface area contributed by atoms with Crippen LogP contribution in [0.15, 0.2) is 39.8 Å². The van der Waals surface area contributed by atoms with E-state index in [1.807, 2.05) is 0 Å². The molecule has 1 aromatic carbocycles. The summed E-state index contributed by atoms with van der Waals surface area (Å²) in [7, 11) is -4.03. The Hall–Kier alpha value is -3.32. The molecule has 3 rings (SSSR count). The molecule has 1 fully saturated rings. The van der Waals surface area contributed by atoms with E-state index in [2.05, 4.69) is 5.32 Å². The van der Waals surface area contributed by atoms with Crippen LogP contribution in [-0.2, 0) is 19.6 Å². The molecule has 2 heterocycles. The molecule has 1 saturated heterocycles. The molecular formula is C19H20FN3O8S. The monoisotopic (exact) mass is 469 g/mol. The van der Waals surface area contributed by atoms with Gasteiger partial charge in [-0.1, -0.05) is 0 Å². The predicted octanol–water partition coefficient (Wildman–Crippen LogP) is 2.54. The number of sulfonamides is 1. The van der Waals surface area contributed by atoms with Crippen LogP contribution < -0.4 is 5.32 Å². The third-order valence-electron chi connectivity index (χ3n) is 4.90. The Labute approximate surface area is 182 Å². The number of nitro benzene ring substituents is 1. The maximum Gasteiger partial charge on any atom is 0.374 e. The largest absolute Gasteiger partial charge is 0.460 e. The van der Waals surface area contributed by atoms with Gasteiger partial charge in [0, 0.05) is 31.1 Å². The number of furan rings is 1. The van der Waals surface area contributed by atoms with Gasteiger partial charge >= 0.3 is 5.97 Å². The highest BCUT2D eigenvalue weighted by molar-refractivity contribution is 7.89. The lowest BCUT2D eigenvalue weighted by Crippen LogP contribution is -2.41. The lowest BCUT2D eigenvalue weighted by molar-refractivity contribution is -0.384. The quantitative estimate of drug-likeness (QED) is 0.369. The summed E-state index contributed by atoms with van der Waals surface area (Å²) in [6.45, 7) is 1.70. The van der Waals surface area contributed by atoms with Crippen molar-refractivity contribution in [1.82, 2.24) is 4.31 Å². The molecule has 0 unspecified atom stereocenters. The molecule has 32 heavy (non-hydrogen) atoms. The number of esters is 1. The zero-order valence-electron chi connectivity index (χ0n) is 16.9. The molecule has 1 aromatic heterocycles. The summed E-state index contributed by atoms with van der Waals surface area (Å²) in [4.78, 5) is 34.3. The van der Waals surface area contributed by atoms with Gasteiger partial charge in [-0.25, -0.2) is 17.6 Å². The first kappa shape index (κ1) is 23.3. The molecule has 1 amide bonds. The number of rotatable bonds is 7. The van der Waals surface area contributed by atoms with Crippen LogP contribution in [-0.4, -0.2) is 49.2 Å². The minimum absolute atomic E-state index is 0.00667. The van der Waals surface area contributed by atoms with E-state index < -0.39 is 43.7 Å². The molecule has 0 aliphatic carbocycles. The molecule has 13 heteroatoms. The fourth-order valence-electron chi connectivity index (χ4n) is 3.21. The lowest BCUT2D eigenvalue weighted by Gasteiger charge is -2.29. The van der Waals surface area contributed by atoms with Crippen LogP contribution in [0.1, 0.15) is 30.3 Å². The molecule has 2 aromatic rings. The minimum Gasteiger partial charge on any atom is -0.460 e. The molecule has 1 aliphatic heterocycles. The minimum atomic E-state index is -4.03. The molecule has 0 spiro atoms. The number of benzene rings is 1. The average molecular weight is 469 g/mol. The molecule has 0 radical (unpaired) electrons. The second kappa shape index (κ2) is 9.44. The Kier molecular flexibility index (Phi) is 6.89. The van der Waals surface area contributed by atoms with Gasteiger partial charge in [0.2, 0.25) is 16.8 Å². The van der Waals surface area contributed by atoms with Gasteiger partial charge in [0.15, 0.2) is 0 Å². The average Bonchev–Trinajstić information content (AvgIpc) is 3.27. The topological polar surface area (TPSA) is 149 Å². The van der Waals surface area contributed by atoms with Crippen LogP contribution in [0, 0.1) is 21.8 Å². The highest BCUT2D eigenvalue weighted by Crippen LogP contribution is 2.27. The number of nitrogens with one attached hydrogen (secondary N) is 1. The second-order valence-electron chi connectivity index (χ2n) is 6.93. The molecule has 11 nitrogen and oxygen atoms in total. The van der Waals surface area contributed by atoms with Crippen LogP contribution in [0.2, 0.25) is 0 Å². The van der Waals surface area contributed by atoms with E-state index in [1.165, 1.54) is 6.07 Å². The van der Waals surface area contributed by atoms with Gasteiger partial charge in [0.25, 0.3) is 15.7 Å². The molecule has 1 N–H and O–H groups in total. The number of hydrogen-bond donors (Lipinski definition) is 1. The summed E-state index contributed by atoms with van der Waals surface area (Å²) in [5.41, 5.74) is -0.690. The van der Waals surface area contributed by atoms with Crippen molar-refractivity contribution in [1.29, 1.82) is 0 Å². The number of amides is 1. The van der Waals surface area contributed by atoms with E-state index >= 15 is 0 Å². The van der Waals surface area contributed by atoms with Gasteiger partial charge in [-0.3, -0.25) is 14.9 Å². The van der Waals surface area contributed by atoms with E-state index in [4.69, 9.17) is 9.15 Å². The van der Waals surface area contributed by atoms with Crippen molar-refractivity contribution in [3.63, 3.8) is 0 Å². The zero-order valence-corrected chi connectivity index (χ0v) is 17.8. The molecule has 0 bridgehead atoms. The van der Waals surface area contributed by atoms with E-state index in [9.17, 15) is 32.5 Å². The van der Waals surface area contributed by atoms with Gasteiger partial charge in [-0.2, -0.15) is 4.31 Å². The highest BCUT2D eigenvalue weighted by atomic mass is 32.2. The van der Waals surface area contributed by atoms with Gasteiger partial charge in [0.05, 0.1) is 17.2 Å². The van der Waals surface area contributed by atoms with Crippen LogP contribution in [0.25, 0.3) is 0 Å². The SMILES string of the molecule is CCOC(=O)c1ccc(S(=O)(=O)N2CCC(C(=O)Nc3cc([N+](=O)[O-])ccc3F)CC2)o1. The number of non-ortho nitro benzene ring substituents is 1. The Morgan fingerprint density at radius 2 is 1.97 bits per heavy atom. The number of nitrogens with zero attached hydrogens (tertiary/aromatic N) is 2. The van der Waals surface area contributed by atoms with E-state index in [0.29, 0.717) is 0 Å². The number of carbonyl (C=O) groups excluding carboxylic acids is 2. The van der Waals surface area contributed by atoms with Crippen LogP contribution in [0.4, 0.5) is 15.8 Å². The summed E-state index contributed by atoms with van der Waals surface area (Å²) in [6.07, 6.45) is 0.292. The second-order valence-corrected chi connectivity index (χ2v) is 8.80. The van der Waals surface area contributed by atoms with E-state index in [-0.39, 0.29) is 49.7 Å². The normalized spacial score (nSPS) is 15.3. The number of anilines is 1. The van der Waals surface area contributed by atoms with Crippen molar-refractivity contribution >= 4 is 33.3 Å². The summed E-state index contributed by atoms with van der Waals surface area (Å²) < 4.78 is 50.5. The summed E-state index contributed by atoms with van der Waals surface area (Å²) >= 11 is 0. The van der Waals surface area contributed by atoms with Crippen LogP contribution in [0.5, 0.6) is 0 Å². The zero-order chi connectivity index (χ0) is 23.5. The summed E-state index contributed by atoms with van der Waals surface area (Å²) in [5.74, 6) is -3.02. The smallest absolute Gasteiger partial charge is 0.374 e. The number of nitro groups is 1. The fourth-order valence-corrected chi connectivity index (χ4v) is 4.59. The lowest BCUT2D eigenvalue weighted by atomic mass is 9.97. The first-order valence-electron chi connectivity index (χ1n) is 9.65. The molecular weight excluding hydrogens is 449 g/mol. The Bertz CT molecular complexity index is 1140. The van der Waals surface area contributed by atoms with Gasteiger partial charge in [0.1, 0.15) is 5.82 Å². The van der Waals surface area contributed by atoms with Crippen molar-refractivity contribution in [3.05, 3.63) is 52.0 Å². The number of piperidine rings is 1. The van der Waals surface area contributed by atoms with Gasteiger partial charge < -0.3 is 14.5 Å². The third kappa shape index (κ3) is 4.94. The standard InChI is InChI=1S/C19H20FN3O8S/c1-2-30-19(25)16-5-6-17(31-16)32(28,29)22-9-7-12(8-10-22)18(24)21-15-11-13(23(26)27)3-4-14(15)20/h3-6,11-12H,2,7-10H2,1H3,(H,21,24). The number of ether oxygens (including phenoxy) is 1. The molecule has 172 valence electrons. The fraction of sp³-hybridized carbons (Fsp3) is 0.368. The van der Waals surface area contributed by atoms with Crippen LogP contribution >= 0.6 is 0 Å². The maximum atomic E-state index is 13.9. The summed E-state index contributed by atoms with van der Waals surface area (Å²) in [6, 6.07) is 5.15. The van der Waals surface area contributed by atoms with Crippen molar-refractivity contribution in [2.45, 2.75) is 24.9 Å². The first-order chi connectivity index (χ1) is 15.1. The summed E-state index contributed by atoms with van der Waals surface area (Å²) in [5, 5.41) is 12.8. The van der Waals surface area contributed by atoms with Crippen molar-refractivity contribution in [2.24, 2.45) is 5.92 Å². The molecule has 0 atom stereocenters. The van der Waals surface area contributed by atoms with Crippen molar-refractivity contribution < 1.29 is 36.5 Å². The predicted molar refractivity (Wildman–Crippen MR) is 108 cm³/mol. The maximum absolute atomic E-state index is 13.9.